The molecule has 1 aromatic carbocycles. The van der Waals surface area contributed by atoms with E-state index in [9.17, 15) is 0 Å². The number of ether oxygens (including phenoxy) is 1. The van der Waals surface area contributed by atoms with Crippen LogP contribution in [0.4, 0.5) is 0 Å². The van der Waals surface area contributed by atoms with Gasteiger partial charge in [-0.2, -0.15) is 4.98 Å². The van der Waals surface area contributed by atoms with Crippen LogP contribution in [-0.2, 0) is 6.42 Å². The highest BCUT2D eigenvalue weighted by Crippen LogP contribution is 2.28. The molecule has 3 rings (SSSR count). The first kappa shape index (κ1) is 13.3. The second-order valence-electron chi connectivity index (χ2n) is 4.54. The summed E-state index contributed by atoms with van der Waals surface area (Å²) in [6, 6.07) is 7.09. The molecule has 108 valence electrons. The lowest BCUT2D eigenvalue weighted by atomic mass is 10.1. The predicted octanol–water partition coefficient (Wildman–Crippen LogP) is 1.71. The number of aromatic nitrogens is 4. The Morgan fingerprint density at radius 2 is 2.24 bits per heavy atom. The average molecular weight is 285 g/mol. The number of H-pyrrole nitrogens is 1. The monoisotopic (exact) mass is 285 g/mol. The molecule has 0 aliphatic carbocycles. The molecule has 3 N–H and O–H groups in total. The highest BCUT2D eigenvalue weighted by atomic mass is 16.5. The van der Waals surface area contributed by atoms with Gasteiger partial charge in [-0.15, -0.1) is 0 Å². The zero-order valence-electron chi connectivity index (χ0n) is 11.5. The van der Waals surface area contributed by atoms with Gasteiger partial charge in [-0.1, -0.05) is 17.3 Å². The molecule has 2 heterocycles. The van der Waals surface area contributed by atoms with Crippen LogP contribution in [0.5, 0.6) is 5.75 Å². The number of nitrogens with one attached hydrogen (secondary N) is 1. The molecule has 0 fully saturated rings. The summed E-state index contributed by atoms with van der Waals surface area (Å²) in [6.07, 6.45) is 3.88. The second kappa shape index (κ2) is 5.76. The molecule has 0 aliphatic rings. The van der Waals surface area contributed by atoms with E-state index in [0.29, 0.717) is 23.9 Å². The van der Waals surface area contributed by atoms with E-state index in [-0.39, 0.29) is 6.04 Å². The number of hydrogen-bond donors (Lipinski definition) is 2. The lowest BCUT2D eigenvalue weighted by Crippen LogP contribution is -2.14. The molecular weight excluding hydrogens is 270 g/mol. The Morgan fingerprint density at radius 1 is 1.38 bits per heavy atom. The van der Waals surface area contributed by atoms with Gasteiger partial charge in [0, 0.05) is 18.3 Å². The van der Waals surface area contributed by atoms with Crippen LogP contribution in [0, 0.1) is 0 Å². The van der Waals surface area contributed by atoms with Gasteiger partial charge in [0.2, 0.25) is 11.7 Å². The van der Waals surface area contributed by atoms with Crippen LogP contribution in [-0.4, -0.2) is 27.2 Å². The van der Waals surface area contributed by atoms with Crippen molar-refractivity contribution in [3.8, 4) is 17.1 Å². The van der Waals surface area contributed by atoms with E-state index in [0.717, 1.165) is 11.3 Å². The fourth-order valence-corrected chi connectivity index (χ4v) is 2.05. The van der Waals surface area contributed by atoms with Crippen LogP contribution in [0.25, 0.3) is 11.4 Å². The van der Waals surface area contributed by atoms with Gasteiger partial charge in [-0.3, -0.25) is 0 Å². The van der Waals surface area contributed by atoms with Crippen molar-refractivity contribution < 1.29 is 9.26 Å². The molecule has 2 aromatic heterocycles. The number of hydrogen-bond acceptors (Lipinski definition) is 6. The maximum atomic E-state index is 6.07. The van der Waals surface area contributed by atoms with Gasteiger partial charge in [0.1, 0.15) is 5.75 Å². The van der Waals surface area contributed by atoms with E-state index < -0.39 is 0 Å². The number of nitrogens with two attached hydrogens (primary N) is 1. The third-order valence-electron chi connectivity index (χ3n) is 3.10. The summed E-state index contributed by atoms with van der Waals surface area (Å²) < 4.78 is 10.5. The third-order valence-corrected chi connectivity index (χ3v) is 3.10. The largest absolute Gasteiger partial charge is 0.496 e. The van der Waals surface area contributed by atoms with Gasteiger partial charge in [0.25, 0.3) is 0 Å². The standard InChI is InChI=1S/C14H15N5O2/c1-20-12-5-3-2-4-10(12)13-18-14(21-19-13)11(15)6-9-7-16-8-17-9/h2-5,7-8,11H,6,15H2,1H3,(H,16,17)/t11-/m0/s1. The molecule has 0 saturated carbocycles. The molecule has 1 atom stereocenters. The van der Waals surface area contributed by atoms with Crippen molar-refractivity contribution in [3.05, 3.63) is 48.4 Å². The number of nitrogens with zero attached hydrogens (tertiary/aromatic N) is 3. The summed E-state index contributed by atoms with van der Waals surface area (Å²) in [4.78, 5) is 11.3. The van der Waals surface area contributed by atoms with Gasteiger partial charge in [0.15, 0.2) is 0 Å². The van der Waals surface area contributed by atoms with Gasteiger partial charge in [0.05, 0.1) is 25.0 Å². The Kier molecular flexibility index (Phi) is 3.65. The average Bonchev–Trinajstić information content (AvgIpc) is 3.18. The molecule has 7 nitrogen and oxygen atoms in total. The van der Waals surface area contributed by atoms with Crippen molar-refractivity contribution >= 4 is 0 Å². The fraction of sp³-hybridized carbons (Fsp3) is 0.214. The zero-order valence-corrected chi connectivity index (χ0v) is 11.5. The summed E-state index contributed by atoms with van der Waals surface area (Å²) >= 11 is 0. The molecule has 0 aliphatic heterocycles. The normalized spacial score (nSPS) is 12.3. The minimum absolute atomic E-state index is 0.380. The lowest BCUT2D eigenvalue weighted by molar-refractivity contribution is 0.353. The maximum Gasteiger partial charge on any atom is 0.244 e. The Morgan fingerprint density at radius 3 is 3.00 bits per heavy atom. The molecule has 3 aromatic rings. The first-order valence-corrected chi connectivity index (χ1v) is 6.47. The first-order valence-electron chi connectivity index (χ1n) is 6.47. The highest BCUT2D eigenvalue weighted by Gasteiger charge is 2.18. The maximum absolute atomic E-state index is 6.07. The minimum atomic E-state index is -0.388. The molecule has 21 heavy (non-hydrogen) atoms. The van der Waals surface area contributed by atoms with Crippen molar-refractivity contribution in [1.82, 2.24) is 20.1 Å². The van der Waals surface area contributed by atoms with Crippen molar-refractivity contribution in [2.45, 2.75) is 12.5 Å². The van der Waals surface area contributed by atoms with E-state index in [1.807, 2.05) is 24.3 Å². The molecule has 7 heteroatoms. The Balaban J connectivity index is 1.82. The number of methoxy groups -OCH3 is 1. The van der Waals surface area contributed by atoms with Gasteiger partial charge >= 0.3 is 0 Å². The van der Waals surface area contributed by atoms with Crippen LogP contribution in [0.3, 0.4) is 0 Å². The molecular formula is C14H15N5O2. The third kappa shape index (κ3) is 2.77. The molecule has 0 spiro atoms. The second-order valence-corrected chi connectivity index (χ2v) is 4.54. The highest BCUT2D eigenvalue weighted by molar-refractivity contribution is 5.63. The van der Waals surface area contributed by atoms with E-state index in [2.05, 4.69) is 20.1 Å². The summed E-state index contributed by atoms with van der Waals surface area (Å²) in [5, 5.41) is 3.97. The molecule has 0 amide bonds. The van der Waals surface area contributed by atoms with Crippen LogP contribution < -0.4 is 10.5 Å². The zero-order chi connectivity index (χ0) is 14.7. The summed E-state index contributed by atoms with van der Waals surface area (Å²) in [7, 11) is 1.60. The number of para-hydroxylation sites is 1. The van der Waals surface area contributed by atoms with E-state index in [1.165, 1.54) is 0 Å². The van der Waals surface area contributed by atoms with Crippen LogP contribution >= 0.6 is 0 Å². The van der Waals surface area contributed by atoms with Crippen molar-refractivity contribution in [1.29, 1.82) is 0 Å². The van der Waals surface area contributed by atoms with E-state index in [4.69, 9.17) is 15.0 Å². The summed E-state index contributed by atoms with van der Waals surface area (Å²) in [6.45, 7) is 0. The smallest absolute Gasteiger partial charge is 0.244 e. The quantitative estimate of drug-likeness (QED) is 0.739. The Hall–Kier alpha value is -2.67. The summed E-state index contributed by atoms with van der Waals surface area (Å²) in [5.74, 6) is 1.53. The van der Waals surface area contributed by atoms with Crippen LogP contribution in [0.2, 0.25) is 0 Å². The topological polar surface area (TPSA) is 103 Å². The van der Waals surface area contributed by atoms with Gasteiger partial charge < -0.3 is 20.0 Å². The number of imidazole rings is 1. The summed E-state index contributed by atoms with van der Waals surface area (Å²) in [5.41, 5.74) is 7.76. The number of benzene rings is 1. The Labute approximate surface area is 121 Å². The first-order chi connectivity index (χ1) is 10.3. The van der Waals surface area contributed by atoms with Crippen molar-refractivity contribution in [3.63, 3.8) is 0 Å². The van der Waals surface area contributed by atoms with E-state index >= 15 is 0 Å². The SMILES string of the molecule is COc1ccccc1-c1noc([C@@H](N)Cc2cnc[nH]2)n1. The van der Waals surface area contributed by atoms with Crippen molar-refractivity contribution in [2.75, 3.05) is 7.11 Å². The lowest BCUT2D eigenvalue weighted by Gasteiger charge is -2.04. The number of aromatic amines is 1. The van der Waals surface area contributed by atoms with Crippen molar-refractivity contribution in [2.24, 2.45) is 5.73 Å². The van der Waals surface area contributed by atoms with Gasteiger partial charge in [-0.25, -0.2) is 4.98 Å². The molecule has 0 saturated heterocycles. The Bertz CT molecular complexity index is 708. The fourth-order valence-electron chi connectivity index (χ4n) is 2.05. The van der Waals surface area contributed by atoms with Gasteiger partial charge in [-0.05, 0) is 12.1 Å². The molecule has 0 bridgehead atoms. The van der Waals surface area contributed by atoms with E-state index in [1.54, 1.807) is 19.6 Å². The minimum Gasteiger partial charge on any atom is -0.496 e. The predicted molar refractivity (Wildman–Crippen MR) is 75.5 cm³/mol. The van der Waals surface area contributed by atoms with Crippen LogP contribution in [0.1, 0.15) is 17.6 Å². The molecule has 0 radical (unpaired) electrons. The number of rotatable bonds is 5. The molecule has 0 unspecified atom stereocenters. The van der Waals surface area contributed by atoms with Crippen LogP contribution in [0.15, 0.2) is 41.3 Å².